The summed E-state index contributed by atoms with van der Waals surface area (Å²) >= 11 is 1.92. The number of nitrogens with zero attached hydrogens (tertiary/aromatic N) is 2. The molecular formula is C9H8IN3O. The molecule has 0 unspecified atom stereocenters. The summed E-state index contributed by atoms with van der Waals surface area (Å²) in [7, 11) is 0. The number of amidine groups is 1. The van der Waals surface area contributed by atoms with E-state index in [1.807, 2.05) is 53.2 Å². The zero-order valence-corrected chi connectivity index (χ0v) is 9.43. The average molecular weight is 301 g/mol. The quantitative estimate of drug-likeness (QED) is 0.624. The Bertz CT molecular complexity index is 377. The maximum Gasteiger partial charge on any atom is 0.271 e. The monoisotopic (exact) mass is 301 g/mol. The molecule has 1 aromatic rings. The third-order valence-electron chi connectivity index (χ3n) is 1.84. The minimum Gasteiger partial charge on any atom is -0.270 e. The van der Waals surface area contributed by atoms with Crippen molar-refractivity contribution in [2.24, 2.45) is 4.99 Å². The molecule has 72 valence electrons. The van der Waals surface area contributed by atoms with Crippen LogP contribution in [0.4, 0.5) is 0 Å². The lowest BCUT2D eigenvalue weighted by Crippen LogP contribution is -2.44. The van der Waals surface area contributed by atoms with Gasteiger partial charge in [0.2, 0.25) is 0 Å². The molecule has 1 aromatic carbocycles. The van der Waals surface area contributed by atoms with Crippen molar-refractivity contribution < 1.29 is 4.79 Å². The molecular weight excluding hydrogens is 293 g/mol. The molecule has 0 saturated carbocycles. The number of aliphatic imine (C=N–C) groups is 1. The maximum absolute atomic E-state index is 11.1. The molecule has 1 aliphatic rings. The highest BCUT2D eigenvalue weighted by molar-refractivity contribution is 14.1. The summed E-state index contributed by atoms with van der Waals surface area (Å²) in [6, 6.07) is 9.72. The summed E-state index contributed by atoms with van der Waals surface area (Å²) < 4.78 is 1.42. The molecule has 0 fully saturated rings. The largest absolute Gasteiger partial charge is 0.271 e. The number of benzene rings is 1. The van der Waals surface area contributed by atoms with Gasteiger partial charge in [-0.05, 0) is 0 Å². The Kier molecular flexibility index (Phi) is 2.67. The van der Waals surface area contributed by atoms with Gasteiger partial charge in [-0.2, -0.15) is 3.22 Å². The van der Waals surface area contributed by atoms with Gasteiger partial charge in [-0.25, -0.2) is 0 Å². The Balaban J connectivity index is 2.25. The molecule has 1 aliphatic heterocycles. The Labute approximate surface area is 95.5 Å². The molecule has 5 heteroatoms. The van der Waals surface area contributed by atoms with Gasteiger partial charge in [0.1, 0.15) is 12.4 Å². The van der Waals surface area contributed by atoms with Gasteiger partial charge in [0.05, 0.1) is 22.9 Å². The highest BCUT2D eigenvalue weighted by Gasteiger charge is 2.17. The number of amides is 1. The van der Waals surface area contributed by atoms with E-state index in [1.165, 1.54) is 3.22 Å². The van der Waals surface area contributed by atoms with Gasteiger partial charge >= 0.3 is 0 Å². The van der Waals surface area contributed by atoms with Crippen molar-refractivity contribution in [2.45, 2.75) is 0 Å². The molecule has 0 aliphatic carbocycles. The molecule has 2 rings (SSSR count). The summed E-state index contributed by atoms with van der Waals surface area (Å²) in [6.07, 6.45) is 0. The summed E-state index contributed by atoms with van der Waals surface area (Å²) in [6.45, 7) is 0.208. The van der Waals surface area contributed by atoms with Crippen molar-refractivity contribution in [3.63, 3.8) is 0 Å². The highest BCUT2D eigenvalue weighted by atomic mass is 127. The van der Waals surface area contributed by atoms with Crippen LogP contribution in [0, 0.1) is 0 Å². The molecule has 1 amide bonds. The van der Waals surface area contributed by atoms with Crippen LogP contribution in [-0.4, -0.2) is 21.5 Å². The van der Waals surface area contributed by atoms with Gasteiger partial charge in [0.25, 0.3) is 5.91 Å². The van der Waals surface area contributed by atoms with Crippen molar-refractivity contribution in [1.82, 2.24) is 8.65 Å². The molecule has 0 spiro atoms. The van der Waals surface area contributed by atoms with Gasteiger partial charge < -0.3 is 0 Å². The third kappa shape index (κ3) is 1.87. The van der Waals surface area contributed by atoms with Crippen LogP contribution in [0.15, 0.2) is 35.3 Å². The summed E-state index contributed by atoms with van der Waals surface area (Å²) in [5.41, 5.74) is 3.89. The second-order valence-corrected chi connectivity index (χ2v) is 3.78. The van der Waals surface area contributed by atoms with Gasteiger partial charge in [-0.15, -0.1) is 0 Å². The minimum absolute atomic E-state index is 0.0368. The SMILES string of the molecule is O=C1CN=C(c2ccccc2)NN1I. The molecule has 1 heterocycles. The first-order chi connectivity index (χ1) is 6.77. The van der Waals surface area contributed by atoms with E-state index in [2.05, 4.69) is 10.4 Å². The Hall–Kier alpha value is -1.11. The van der Waals surface area contributed by atoms with E-state index < -0.39 is 0 Å². The fraction of sp³-hybridized carbons (Fsp3) is 0.111. The van der Waals surface area contributed by atoms with E-state index in [4.69, 9.17) is 0 Å². The van der Waals surface area contributed by atoms with Crippen LogP contribution in [0.3, 0.4) is 0 Å². The number of hydrogen-bond donors (Lipinski definition) is 1. The molecule has 0 saturated heterocycles. The molecule has 14 heavy (non-hydrogen) atoms. The molecule has 0 aromatic heterocycles. The smallest absolute Gasteiger partial charge is 0.270 e. The number of nitrogens with one attached hydrogen (secondary N) is 1. The van der Waals surface area contributed by atoms with Gasteiger partial charge in [0.15, 0.2) is 0 Å². The van der Waals surface area contributed by atoms with Crippen molar-refractivity contribution in [1.29, 1.82) is 0 Å². The van der Waals surface area contributed by atoms with Gasteiger partial charge in [0, 0.05) is 5.56 Å². The lowest BCUT2D eigenvalue weighted by Gasteiger charge is -2.22. The Morgan fingerprint density at radius 2 is 2.07 bits per heavy atom. The fourth-order valence-electron chi connectivity index (χ4n) is 1.15. The number of carbonyl (C=O) groups excluding carboxylic acids is 1. The molecule has 4 nitrogen and oxygen atoms in total. The zero-order chi connectivity index (χ0) is 9.97. The highest BCUT2D eigenvalue weighted by Crippen LogP contribution is 2.06. The lowest BCUT2D eigenvalue weighted by atomic mass is 10.2. The first-order valence-electron chi connectivity index (χ1n) is 4.12. The van der Waals surface area contributed by atoms with E-state index in [0.29, 0.717) is 0 Å². The first-order valence-corrected chi connectivity index (χ1v) is 5.09. The normalized spacial score (nSPS) is 16.2. The Morgan fingerprint density at radius 3 is 2.71 bits per heavy atom. The van der Waals surface area contributed by atoms with E-state index >= 15 is 0 Å². The fourth-order valence-corrected chi connectivity index (χ4v) is 1.53. The van der Waals surface area contributed by atoms with Crippen LogP contribution in [0.5, 0.6) is 0 Å². The van der Waals surface area contributed by atoms with Crippen LogP contribution < -0.4 is 5.43 Å². The van der Waals surface area contributed by atoms with Crippen molar-refractivity contribution in [2.75, 3.05) is 6.54 Å². The van der Waals surface area contributed by atoms with Crippen LogP contribution >= 0.6 is 22.9 Å². The van der Waals surface area contributed by atoms with Crippen LogP contribution in [0.25, 0.3) is 0 Å². The molecule has 1 N–H and O–H groups in total. The minimum atomic E-state index is -0.0368. The second-order valence-electron chi connectivity index (χ2n) is 2.82. The average Bonchev–Trinajstić information content (AvgIpc) is 2.23. The van der Waals surface area contributed by atoms with E-state index in [1.54, 1.807) is 0 Å². The Morgan fingerprint density at radius 1 is 1.36 bits per heavy atom. The number of carbonyl (C=O) groups is 1. The maximum atomic E-state index is 11.1. The second kappa shape index (κ2) is 3.95. The van der Waals surface area contributed by atoms with Crippen LogP contribution in [0.1, 0.15) is 5.56 Å². The molecule has 0 atom stereocenters. The topological polar surface area (TPSA) is 44.7 Å². The lowest BCUT2D eigenvalue weighted by molar-refractivity contribution is -0.125. The van der Waals surface area contributed by atoms with Crippen LogP contribution in [0.2, 0.25) is 0 Å². The van der Waals surface area contributed by atoms with E-state index in [9.17, 15) is 4.79 Å². The summed E-state index contributed by atoms with van der Waals surface area (Å²) in [5, 5.41) is 0. The predicted molar refractivity (Wildman–Crippen MR) is 61.8 cm³/mol. The van der Waals surface area contributed by atoms with Crippen molar-refractivity contribution in [3.8, 4) is 0 Å². The number of halogens is 1. The number of rotatable bonds is 1. The van der Waals surface area contributed by atoms with E-state index in [0.717, 1.165) is 11.4 Å². The first kappa shape index (κ1) is 9.45. The van der Waals surface area contributed by atoms with Crippen molar-refractivity contribution in [3.05, 3.63) is 35.9 Å². The summed E-state index contributed by atoms with van der Waals surface area (Å²) in [4.78, 5) is 15.3. The molecule has 0 bridgehead atoms. The van der Waals surface area contributed by atoms with Gasteiger partial charge in [-0.1, -0.05) is 30.3 Å². The predicted octanol–water partition coefficient (Wildman–Crippen LogP) is 1.13. The van der Waals surface area contributed by atoms with Gasteiger partial charge in [-0.3, -0.25) is 15.2 Å². The number of hydrogen-bond acceptors (Lipinski definition) is 3. The van der Waals surface area contributed by atoms with E-state index in [-0.39, 0.29) is 12.5 Å². The standard InChI is InChI=1S/C9H8IN3O/c10-13-8(14)6-11-9(12-13)7-4-2-1-3-5-7/h1-5H,6H2,(H,11,12). The zero-order valence-electron chi connectivity index (χ0n) is 7.27. The number of hydrazine groups is 1. The summed E-state index contributed by atoms with van der Waals surface area (Å²) in [5.74, 6) is 0.699. The third-order valence-corrected chi connectivity index (χ3v) is 2.62. The van der Waals surface area contributed by atoms with Crippen LogP contribution in [-0.2, 0) is 4.79 Å². The van der Waals surface area contributed by atoms with Crippen molar-refractivity contribution >= 4 is 34.6 Å². The molecule has 0 radical (unpaired) electrons.